The Morgan fingerprint density at radius 3 is 2.77 bits per heavy atom. The Hall–Kier alpha value is -2.28. The zero-order chi connectivity index (χ0) is 20.9. The predicted molar refractivity (Wildman–Crippen MR) is 119 cm³/mol. The molecule has 30 heavy (non-hydrogen) atoms. The van der Waals surface area contributed by atoms with Crippen molar-refractivity contribution in [1.29, 1.82) is 0 Å². The lowest BCUT2D eigenvalue weighted by Crippen LogP contribution is -2.41. The van der Waals surface area contributed by atoms with Crippen LogP contribution >= 0.6 is 24.0 Å². The molecule has 3 N–H and O–H groups in total. The topological polar surface area (TPSA) is 85.0 Å². The minimum absolute atomic E-state index is 0. The van der Waals surface area contributed by atoms with Gasteiger partial charge in [-0.05, 0) is 30.7 Å². The maximum absolute atomic E-state index is 12.5. The summed E-state index contributed by atoms with van der Waals surface area (Å²) in [5.74, 6) is 0.440. The van der Waals surface area contributed by atoms with E-state index in [1.54, 1.807) is 12.3 Å². The molecule has 1 aromatic carbocycles. The number of pyridine rings is 1. The van der Waals surface area contributed by atoms with E-state index in [4.69, 9.17) is 10.5 Å². The molecule has 0 spiro atoms. The van der Waals surface area contributed by atoms with Crippen molar-refractivity contribution in [1.82, 2.24) is 4.98 Å². The summed E-state index contributed by atoms with van der Waals surface area (Å²) in [6.45, 7) is 4.47. The molecule has 1 atom stereocenters. The summed E-state index contributed by atoms with van der Waals surface area (Å²) in [5.41, 5.74) is 6.70. The van der Waals surface area contributed by atoms with Crippen molar-refractivity contribution in [3.8, 4) is 5.75 Å². The number of anilines is 2. The number of nitrogens with one attached hydrogen (secondary N) is 1. The van der Waals surface area contributed by atoms with Crippen LogP contribution in [0.5, 0.6) is 5.75 Å². The van der Waals surface area contributed by atoms with Crippen LogP contribution in [0.15, 0.2) is 47.6 Å². The third-order valence-corrected chi connectivity index (χ3v) is 4.18. The van der Waals surface area contributed by atoms with Gasteiger partial charge in [-0.2, -0.15) is 0 Å². The van der Waals surface area contributed by atoms with Gasteiger partial charge >= 0.3 is 6.36 Å². The molecule has 7 nitrogen and oxygen atoms in total. The molecule has 1 saturated heterocycles. The highest BCUT2D eigenvalue weighted by Crippen LogP contribution is 2.29. The number of morpholine rings is 1. The van der Waals surface area contributed by atoms with Crippen molar-refractivity contribution >= 4 is 41.4 Å². The van der Waals surface area contributed by atoms with Gasteiger partial charge in [0, 0.05) is 19.3 Å². The van der Waals surface area contributed by atoms with E-state index in [1.807, 2.05) is 19.1 Å². The molecule has 0 bridgehead atoms. The van der Waals surface area contributed by atoms with Crippen molar-refractivity contribution in [2.75, 3.05) is 29.9 Å². The second kappa shape index (κ2) is 10.7. The standard InChI is InChI=1S/C19H22F3N5O2.HI/c1-13-12-27(8-9-28-13)17-7-6-14(10-24-17)11-25-18(23)26-15-4-2-3-5-16(15)29-19(20,21)22;/h2-7,10,13H,8-9,11-12H2,1H3,(H3,23,25,26);1H. The number of ether oxygens (including phenoxy) is 2. The molecule has 0 radical (unpaired) electrons. The van der Waals surface area contributed by atoms with Crippen LogP contribution in [0, 0.1) is 0 Å². The summed E-state index contributed by atoms with van der Waals surface area (Å²) >= 11 is 0. The number of aliphatic imine (C=N–C) groups is 1. The van der Waals surface area contributed by atoms with Gasteiger partial charge in [0.15, 0.2) is 11.7 Å². The maximum atomic E-state index is 12.5. The summed E-state index contributed by atoms with van der Waals surface area (Å²) in [7, 11) is 0. The first-order valence-electron chi connectivity index (χ1n) is 9.03. The number of benzene rings is 1. The molecular weight excluding hydrogens is 514 g/mol. The molecule has 164 valence electrons. The average molecular weight is 537 g/mol. The number of aromatic nitrogens is 1. The quantitative estimate of drug-likeness (QED) is 0.344. The van der Waals surface area contributed by atoms with Gasteiger partial charge in [0.1, 0.15) is 5.82 Å². The fourth-order valence-electron chi connectivity index (χ4n) is 2.86. The fourth-order valence-corrected chi connectivity index (χ4v) is 2.86. The molecule has 0 saturated carbocycles. The third kappa shape index (κ3) is 7.20. The number of alkyl halides is 3. The summed E-state index contributed by atoms with van der Waals surface area (Å²) in [5, 5.41) is 2.63. The van der Waals surface area contributed by atoms with Crippen molar-refractivity contribution in [3.05, 3.63) is 48.2 Å². The summed E-state index contributed by atoms with van der Waals surface area (Å²) < 4.78 is 47.0. The number of nitrogens with two attached hydrogens (primary N) is 1. The van der Waals surface area contributed by atoms with Crippen molar-refractivity contribution < 1.29 is 22.6 Å². The molecule has 1 aliphatic rings. The molecule has 0 aliphatic carbocycles. The lowest BCUT2D eigenvalue weighted by Gasteiger charge is -2.32. The number of hydrogen-bond donors (Lipinski definition) is 2. The molecule has 1 fully saturated rings. The van der Waals surface area contributed by atoms with Crippen LogP contribution in [0.4, 0.5) is 24.7 Å². The van der Waals surface area contributed by atoms with Crippen molar-refractivity contribution in [3.63, 3.8) is 0 Å². The molecule has 1 unspecified atom stereocenters. The van der Waals surface area contributed by atoms with E-state index >= 15 is 0 Å². The average Bonchev–Trinajstić information content (AvgIpc) is 2.67. The normalized spacial score (nSPS) is 17.3. The van der Waals surface area contributed by atoms with Gasteiger partial charge in [0.25, 0.3) is 0 Å². The number of guanidine groups is 1. The SMILES string of the molecule is CC1CN(c2ccc(CN=C(N)Nc3ccccc3OC(F)(F)F)cn2)CCO1.I. The van der Waals surface area contributed by atoms with Crippen LogP contribution in [-0.2, 0) is 11.3 Å². The molecular formula is C19H23F3IN5O2. The minimum atomic E-state index is -4.80. The van der Waals surface area contributed by atoms with Gasteiger partial charge in [-0.25, -0.2) is 9.98 Å². The number of halogens is 4. The maximum Gasteiger partial charge on any atom is 0.573 e. The van der Waals surface area contributed by atoms with E-state index in [9.17, 15) is 13.2 Å². The van der Waals surface area contributed by atoms with Crippen LogP contribution in [0.1, 0.15) is 12.5 Å². The second-order valence-electron chi connectivity index (χ2n) is 6.52. The highest BCUT2D eigenvalue weighted by Gasteiger charge is 2.32. The molecule has 2 heterocycles. The smallest absolute Gasteiger partial charge is 0.404 e. The Kier molecular flexibility index (Phi) is 8.53. The Morgan fingerprint density at radius 2 is 2.10 bits per heavy atom. The molecule has 1 aliphatic heterocycles. The molecule has 2 aromatic rings. The van der Waals surface area contributed by atoms with E-state index in [-0.39, 0.29) is 54.0 Å². The van der Waals surface area contributed by atoms with Crippen LogP contribution < -0.4 is 20.7 Å². The third-order valence-electron chi connectivity index (χ3n) is 4.18. The predicted octanol–water partition coefficient (Wildman–Crippen LogP) is 3.75. The highest BCUT2D eigenvalue weighted by molar-refractivity contribution is 14.0. The van der Waals surface area contributed by atoms with E-state index in [0.717, 1.165) is 24.5 Å². The monoisotopic (exact) mass is 537 g/mol. The summed E-state index contributed by atoms with van der Waals surface area (Å²) in [6, 6.07) is 9.40. The van der Waals surface area contributed by atoms with Gasteiger partial charge in [-0.3, -0.25) is 0 Å². The van der Waals surface area contributed by atoms with Gasteiger partial charge in [-0.1, -0.05) is 18.2 Å². The Balaban J connectivity index is 0.00000320. The first kappa shape index (κ1) is 24.0. The number of para-hydroxylation sites is 2. The van der Waals surface area contributed by atoms with E-state index < -0.39 is 6.36 Å². The summed E-state index contributed by atoms with van der Waals surface area (Å²) in [6.07, 6.45) is -2.94. The first-order chi connectivity index (χ1) is 13.8. The Labute approximate surface area is 189 Å². The number of rotatable bonds is 5. The van der Waals surface area contributed by atoms with Gasteiger partial charge in [0.05, 0.1) is 24.9 Å². The first-order valence-corrected chi connectivity index (χ1v) is 9.03. The number of nitrogens with zero attached hydrogens (tertiary/aromatic N) is 3. The zero-order valence-corrected chi connectivity index (χ0v) is 18.6. The Morgan fingerprint density at radius 1 is 1.33 bits per heavy atom. The number of hydrogen-bond acceptors (Lipinski definition) is 5. The minimum Gasteiger partial charge on any atom is -0.404 e. The van der Waals surface area contributed by atoms with Gasteiger partial charge in [0.2, 0.25) is 0 Å². The molecule has 3 rings (SSSR count). The largest absolute Gasteiger partial charge is 0.573 e. The highest BCUT2D eigenvalue weighted by atomic mass is 127. The molecule has 1 aromatic heterocycles. The van der Waals surface area contributed by atoms with E-state index in [0.29, 0.717) is 6.61 Å². The molecule has 11 heteroatoms. The van der Waals surface area contributed by atoms with Gasteiger partial charge in [-0.15, -0.1) is 37.1 Å². The fraction of sp³-hybridized carbons (Fsp3) is 0.368. The van der Waals surface area contributed by atoms with Crippen LogP contribution in [0.25, 0.3) is 0 Å². The van der Waals surface area contributed by atoms with Crippen molar-refractivity contribution in [2.45, 2.75) is 25.9 Å². The zero-order valence-electron chi connectivity index (χ0n) is 16.2. The lowest BCUT2D eigenvalue weighted by molar-refractivity contribution is -0.274. The second-order valence-corrected chi connectivity index (χ2v) is 6.52. The van der Waals surface area contributed by atoms with Crippen LogP contribution in [-0.4, -0.2) is 43.1 Å². The lowest BCUT2D eigenvalue weighted by atomic mass is 10.2. The van der Waals surface area contributed by atoms with Crippen LogP contribution in [0.2, 0.25) is 0 Å². The van der Waals surface area contributed by atoms with Crippen molar-refractivity contribution in [2.24, 2.45) is 10.7 Å². The van der Waals surface area contributed by atoms with Gasteiger partial charge < -0.3 is 25.4 Å². The summed E-state index contributed by atoms with van der Waals surface area (Å²) in [4.78, 5) is 10.7. The van der Waals surface area contributed by atoms with Crippen LogP contribution in [0.3, 0.4) is 0 Å². The Bertz CT molecular complexity index is 849. The molecule has 0 amide bonds. The van der Waals surface area contributed by atoms with E-state index in [1.165, 1.54) is 18.2 Å². The van der Waals surface area contributed by atoms with E-state index in [2.05, 4.69) is 24.9 Å².